The van der Waals surface area contributed by atoms with Crippen molar-refractivity contribution in [2.45, 2.75) is 130 Å². The first kappa shape index (κ1) is 35.3. The predicted octanol–water partition coefficient (Wildman–Crippen LogP) is 14.4. The molecule has 0 heterocycles. The third-order valence-corrected chi connectivity index (χ3v) is 12.4. The average Bonchev–Trinajstić information content (AvgIpc) is 3.28. The van der Waals surface area contributed by atoms with Crippen LogP contribution in [0.15, 0.2) is 97.1 Å². The number of benzene rings is 5. The van der Waals surface area contributed by atoms with Crippen molar-refractivity contribution >= 4 is 17.1 Å². The first-order valence-electron chi connectivity index (χ1n) is 19.2. The summed E-state index contributed by atoms with van der Waals surface area (Å²) in [6, 6.07) is 37.7. The first-order valence-corrected chi connectivity index (χ1v) is 19.2. The van der Waals surface area contributed by atoms with Crippen LogP contribution in [-0.4, -0.2) is 0 Å². The molecule has 7 rings (SSSR count). The van der Waals surface area contributed by atoms with Crippen molar-refractivity contribution in [2.75, 3.05) is 4.90 Å². The van der Waals surface area contributed by atoms with Crippen LogP contribution in [0.2, 0.25) is 0 Å². The highest BCUT2D eigenvalue weighted by Gasteiger charge is 2.42. The molecule has 0 unspecified atom stereocenters. The van der Waals surface area contributed by atoms with Gasteiger partial charge in [0.15, 0.2) is 0 Å². The zero-order valence-electron chi connectivity index (χ0n) is 33.6. The monoisotopic (exact) mass is 673 g/mol. The van der Waals surface area contributed by atoms with E-state index in [-0.39, 0.29) is 27.1 Å². The number of fused-ring (bicyclic) bond motifs is 4. The topological polar surface area (TPSA) is 3.24 Å². The van der Waals surface area contributed by atoms with Gasteiger partial charge in [-0.05, 0) is 133 Å². The van der Waals surface area contributed by atoms with Crippen molar-refractivity contribution in [2.24, 2.45) is 0 Å². The molecule has 0 N–H and O–H groups in total. The van der Waals surface area contributed by atoms with Crippen LogP contribution in [0.25, 0.3) is 22.3 Å². The number of nitrogens with zero attached hydrogens (tertiary/aromatic N) is 1. The lowest BCUT2D eigenvalue weighted by Crippen LogP contribution is -2.34. The highest BCUT2D eigenvalue weighted by atomic mass is 15.1. The maximum Gasteiger partial charge on any atom is 0.0543 e. The van der Waals surface area contributed by atoms with E-state index in [4.69, 9.17) is 0 Å². The molecule has 1 nitrogen and oxygen atoms in total. The molecule has 0 saturated carbocycles. The quantitative estimate of drug-likeness (QED) is 0.184. The Bertz CT molecular complexity index is 2070. The molecular formula is C50H59N. The largest absolute Gasteiger partial charge is 0.310 e. The third kappa shape index (κ3) is 5.86. The summed E-state index contributed by atoms with van der Waals surface area (Å²) in [7, 11) is 0. The summed E-state index contributed by atoms with van der Waals surface area (Å²) in [5.74, 6) is 0. The number of anilines is 3. The van der Waals surface area contributed by atoms with Crippen molar-refractivity contribution in [3.8, 4) is 22.3 Å². The molecular weight excluding hydrogens is 615 g/mol. The van der Waals surface area contributed by atoms with E-state index >= 15 is 0 Å². The Labute approximate surface area is 309 Å². The minimum atomic E-state index is -0.122. The molecule has 0 aromatic heterocycles. The smallest absolute Gasteiger partial charge is 0.0543 e. The van der Waals surface area contributed by atoms with Gasteiger partial charge in [0.25, 0.3) is 0 Å². The zero-order chi connectivity index (χ0) is 36.9. The van der Waals surface area contributed by atoms with Gasteiger partial charge in [-0.3, -0.25) is 0 Å². The number of hydrogen-bond acceptors (Lipinski definition) is 1. The Hall–Kier alpha value is -4.10. The second kappa shape index (κ2) is 11.7. The Morgan fingerprint density at radius 3 is 1.59 bits per heavy atom. The minimum absolute atomic E-state index is 0.0488. The highest BCUT2D eigenvalue weighted by Crippen LogP contribution is 2.57. The Morgan fingerprint density at radius 1 is 0.510 bits per heavy atom. The van der Waals surface area contributed by atoms with E-state index < -0.39 is 0 Å². The number of hydrogen-bond donors (Lipinski definition) is 0. The van der Waals surface area contributed by atoms with E-state index in [1.807, 2.05) is 0 Å². The average molecular weight is 674 g/mol. The van der Waals surface area contributed by atoms with E-state index in [0.29, 0.717) is 0 Å². The molecule has 0 spiro atoms. The summed E-state index contributed by atoms with van der Waals surface area (Å²) < 4.78 is 0. The van der Waals surface area contributed by atoms with Gasteiger partial charge in [0.05, 0.1) is 5.69 Å². The lowest BCUT2D eigenvalue weighted by Gasteiger charge is -2.44. The maximum atomic E-state index is 2.57. The fourth-order valence-corrected chi connectivity index (χ4v) is 8.98. The van der Waals surface area contributed by atoms with Gasteiger partial charge in [-0.1, -0.05) is 144 Å². The van der Waals surface area contributed by atoms with Gasteiger partial charge in [-0.15, -0.1) is 0 Å². The van der Waals surface area contributed by atoms with Crippen LogP contribution in [0.1, 0.15) is 135 Å². The molecule has 2 aliphatic rings. The van der Waals surface area contributed by atoms with Gasteiger partial charge in [-0.25, -0.2) is 0 Å². The van der Waals surface area contributed by atoms with Crippen LogP contribution in [0.5, 0.6) is 0 Å². The van der Waals surface area contributed by atoms with Crippen LogP contribution in [0.4, 0.5) is 17.1 Å². The molecule has 0 bridgehead atoms. The molecule has 0 radical (unpaired) electrons. The third-order valence-electron chi connectivity index (χ3n) is 12.4. The molecule has 0 aliphatic heterocycles. The van der Waals surface area contributed by atoms with Crippen LogP contribution < -0.4 is 4.90 Å². The fourth-order valence-electron chi connectivity index (χ4n) is 8.98. The Kier molecular flexibility index (Phi) is 8.11. The molecule has 2 aliphatic carbocycles. The van der Waals surface area contributed by atoms with E-state index in [0.717, 1.165) is 0 Å². The highest BCUT2D eigenvalue weighted by molar-refractivity contribution is 5.96. The molecule has 1 heteroatoms. The molecule has 0 amide bonds. The SMILES string of the molecule is Cc1ccc2c(c1-c1cc3c(cc1N(c1ccc(C(C)(C)C)cc1)c1ccc(C(C)(C)C)cc1)C(C)(C)c1ccccc1-3)C(C)(C)CCC2(C)C. The van der Waals surface area contributed by atoms with Crippen molar-refractivity contribution in [3.63, 3.8) is 0 Å². The molecule has 5 aromatic carbocycles. The summed E-state index contributed by atoms with van der Waals surface area (Å²) in [5, 5.41) is 0. The van der Waals surface area contributed by atoms with Crippen LogP contribution in [0, 0.1) is 6.92 Å². The fraction of sp³-hybridized carbons (Fsp3) is 0.400. The van der Waals surface area contributed by atoms with Gasteiger partial charge >= 0.3 is 0 Å². The van der Waals surface area contributed by atoms with Gasteiger partial charge in [0.1, 0.15) is 0 Å². The van der Waals surface area contributed by atoms with Gasteiger partial charge in [-0.2, -0.15) is 0 Å². The molecule has 51 heavy (non-hydrogen) atoms. The zero-order valence-corrected chi connectivity index (χ0v) is 33.6. The summed E-state index contributed by atoms with van der Waals surface area (Å²) in [6.45, 7) is 30.8. The summed E-state index contributed by atoms with van der Waals surface area (Å²) in [4.78, 5) is 2.55. The minimum Gasteiger partial charge on any atom is -0.310 e. The molecule has 0 saturated heterocycles. The second-order valence-electron chi connectivity index (χ2n) is 19.5. The van der Waals surface area contributed by atoms with Crippen molar-refractivity contribution < 1.29 is 0 Å². The van der Waals surface area contributed by atoms with Gasteiger partial charge < -0.3 is 4.90 Å². The number of rotatable bonds is 4. The summed E-state index contributed by atoms with van der Waals surface area (Å²) in [5.41, 5.74) is 19.1. The molecule has 264 valence electrons. The van der Waals surface area contributed by atoms with E-state index in [9.17, 15) is 0 Å². The lowest BCUT2D eigenvalue weighted by atomic mass is 9.61. The standard InChI is InChI=1S/C50H59N/c1-32-18-27-41-45(49(10,11)29-28-48(41,8)9)44(32)39-30-38-37-16-14-15-17-40(37)50(12,13)42(38)31-43(39)51(35-23-19-33(20-24-35)46(2,3)4)36-25-21-34(22-26-36)47(5,6)7/h14-27,30-31H,28-29H2,1-13H3. The van der Waals surface area contributed by atoms with Gasteiger partial charge in [0.2, 0.25) is 0 Å². The Morgan fingerprint density at radius 2 is 1.04 bits per heavy atom. The Balaban J connectivity index is 1.60. The van der Waals surface area contributed by atoms with E-state index in [1.54, 1.807) is 0 Å². The van der Waals surface area contributed by atoms with Crippen molar-refractivity contribution in [3.05, 3.63) is 136 Å². The van der Waals surface area contributed by atoms with Crippen molar-refractivity contribution in [1.82, 2.24) is 0 Å². The van der Waals surface area contributed by atoms with Crippen LogP contribution >= 0.6 is 0 Å². The van der Waals surface area contributed by atoms with E-state index in [1.165, 1.54) is 91.1 Å². The van der Waals surface area contributed by atoms with Crippen LogP contribution in [-0.2, 0) is 27.1 Å². The van der Waals surface area contributed by atoms with Crippen molar-refractivity contribution in [1.29, 1.82) is 0 Å². The van der Waals surface area contributed by atoms with Crippen LogP contribution in [0.3, 0.4) is 0 Å². The predicted molar refractivity (Wildman–Crippen MR) is 222 cm³/mol. The maximum absolute atomic E-state index is 2.57. The second-order valence-corrected chi connectivity index (χ2v) is 19.5. The lowest BCUT2D eigenvalue weighted by molar-refractivity contribution is 0.332. The molecule has 0 fully saturated rings. The van der Waals surface area contributed by atoms with Gasteiger partial charge in [0, 0.05) is 22.4 Å². The summed E-state index contributed by atoms with van der Waals surface area (Å²) >= 11 is 0. The first-order chi connectivity index (χ1) is 23.7. The molecule has 0 atom stereocenters. The number of aryl methyl sites for hydroxylation is 1. The summed E-state index contributed by atoms with van der Waals surface area (Å²) in [6.07, 6.45) is 2.37. The molecule has 5 aromatic rings. The normalized spacial score (nSPS) is 17.0. The van der Waals surface area contributed by atoms with E-state index in [2.05, 4.69) is 192 Å².